The van der Waals surface area contributed by atoms with E-state index in [2.05, 4.69) is 0 Å². The quantitative estimate of drug-likeness (QED) is 0.929. The van der Waals surface area contributed by atoms with Crippen molar-refractivity contribution in [2.75, 3.05) is 26.3 Å². The lowest BCUT2D eigenvalue weighted by Crippen LogP contribution is -2.36. The van der Waals surface area contributed by atoms with Gasteiger partial charge in [0.05, 0.1) is 0 Å². The lowest BCUT2D eigenvalue weighted by molar-refractivity contribution is -0.131. The second-order valence-electron chi connectivity index (χ2n) is 6.40. The number of amides is 1. The number of nitrogens with zero attached hydrogens (tertiary/aromatic N) is 1. The Balaban J connectivity index is 0.00000176. The van der Waals surface area contributed by atoms with Crippen molar-refractivity contribution in [1.82, 2.24) is 4.90 Å². The fourth-order valence-electron chi connectivity index (χ4n) is 3.50. The molecule has 2 saturated heterocycles. The molecule has 0 aromatic heterocycles. The van der Waals surface area contributed by atoms with Crippen molar-refractivity contribution >= 4 is 18.3 Å². The summed E-state index contributed by atoms with van der Waals surface area (Å²) in [6, 6.07) is 9.67. The lowest BCUT2D eigenvalue weighted by atomic mass is 9.80. The van der Waals surface area contributed by atoms with E-state index in [9.17, 15) is 4.79 Å². The molecule has 2 heterocycles. The molecular weight excluding hydrogens is 300 g/mol. The van der Waals surface area contributed by atoms with Gasteiger partial charge in [0.15, 0.2) is 0 Å². The zero-order valence-corrected chi connectivity index (χ0v) is 13.7. The molecule has 2 aliphatic heterocycles. The maximum atomic E-state index is 12.5. The Morgan fingerprint density at radius 2 is 1.91 bits per heavy atom. The van der Waals surface area contributed by atoms with Gasteiger partial charge in [0.2, 0.25) is 5.91 Å². The van der Waals surface area contributed by atoms with E-state index in [0.717, 1.165) is 51.1 Å². The van der Waals surface area contributed by atoms with Crippen LogP contribution in [0.2, 0.25) is 0 Å². The third-order valence-electron chi connectivity index (χ3n) is 4.97. The van der Waals surface area contributed by atoms with Crippen LogP contribution in [0, 0.1) is 5.41 Å². The molecule has 1 aromatic carbocycles. The number of hydrogen-bond acceptors (Lipinski definition) is 3. The third kappa shape index (κ3) is 3.80. The van der Waals surface area contributed by atoms with Crippen LogP contribution in [0.1, 0.15) is 37.3 Å². The predicted octanol–water partition coefficient (Wildman–Crippen LogP) is 2.53. The average Bonchev–Trinajstić information content (AvgIpc) is 2.92. The highest BCUT2D eigenvalue weighted by Crippen LogP contribution is 2.40. The molecule has 122 valence electrons. The van der Waals surface area contributed by atoms with Crippen LogP contribution >= 0.6 is 12.4 Å². The zero-order chi connectivity index (χ0) is 14.7. The van der Waals surface area contributed by atoms with Crippen LogP contribution in [0.3, 0.4) is 0 Å². The van der Waals surface area contributed by atoms with Crippen molar-refractivity contribution in [3.8, 4) is 0 Å². The van der Waals surface area contributed by atoms with Gasteiger partial charge in [0, 0.05) is 38.8 Å². The molecule has 1 atom stereocenters. The molecule has 22 heavy (non-hydrogen) atoms. The summed E-state index contributed by atoms with van der Waals surface area (Å²) in [6.45, 7) is 3.44. The molecule has 2 N–H and O–H groups in total. The van der Waals surface area contributed by atoms with Crippen molar-refractivity contribution in [3.05, 3.63) is 35.9 Å². The van der Waals surface area contributed by atoms with Crippen LogP contribution in [-0.2, 0) is 9.53 Å². The number of rotatable bonds is 3. The summed E-state index contributed by atoms with van der Waals surface area (Å²) in [5.41, 5.74) is 7.51. The van der Waals surface area contributed by atoms with Gasteiger partial charge in [-0.25, -0.2) is 0 Å². The average molecular weight is 325 g/mol. The first-order valence-electron chi connectivity index (χ1n) is 7.85. The highest BCUT2D eigenvalue weighted by Gasteiger charge is 2.40. The van der Waals surface area contributed by atoms with E-state index in [0.29, 0.717) is 11.8 Å². The molecule has 1 aromatic rings. The molecule has 1 spiro atoms. The molecule has 1 amide bonds. The van der Waals surface area contributed by atoms with Crippen molar-refractivity contribution in [1.29, 1.82) is 0 Å². The highest BCUT2D eigenvalue weighted by molar-refractivity contribution is 5.85. The van der Waals surface area contributed by atoms with E-state index < -0.39 is 0 Å². The molecule has 4 nitrogen and oxygen atoms in total. The van der Waals surface area contributed by atoms with Crippen LogP contribution in [0.15, 0.2) is 30.3 Å². The maximum absolute atomic E-state index is 12.5. The summed E-state index contributed by atoms with van der Waals surface area (Å²) in [6.07, 6.45) is 3.68. The van der Waals surface area contributed by atoms with Crippen LogP contribution in [0.5, 0.6) is 0 Å². The van der Waals surface area contributed by atoms with Gasteiger partial charge in [0.1, 0.15) is 0 Å². The van der Waals surface area contributed by atoms with Gasteiger partial charge in [-0.15, -0.1) is 12.4 Å². The number of carbonyl (C=O) groups excluding carboxylic acids is 1. The lowest BCUT2D eigenvalue weighted by Gasteiger charge is -2.33. The molecule has 0 radical (unpaired) electrons. The molecule has 3 rings (SSSR count). The minimum absolute atomic E-state index is 0. The molecule has 0 bridgehead atoms. The summed E-state index contributed by atoms with van der Waals surface area (Å²) < 4.78 is 5.45. The summed E-state index contributed by atoms with van der Waals surface area (Å²) in [5.74, 6) is 0.190. The summed E-state index contributed by atoms with van der Waals surface area (Å²) in [5, 5.41) is 0. The predicted molar refractivity (Wildman–Crippen MR) is 88.9 cm³/mol. The van der Waals surface area contributed by atoms with E-state index >= 15 is 0 Å². The molecule has 2 aliphatic rings. The largest absolute Gasteiger partial charge is 0.381 e. The standard InChI is InChI=1S/C17H24N2O2.ClH/c18-15(14-4-2-1-3-5-14)12-16(20)19-9-6-17(13-19)7-10-21-11-8-17;/h1-5,15H,6-13,18H2;1H. The Kier molecular flexibility index (Phi) is 5.84. The van der Waals surface area contributed by atoms with Crippen LogP contribution in [-0.4, -0.2) is 37.1 Å². The summed E-state index contributed by atoms with van der Waals surface area (Å²) in [7, 11) is 0. The van der Waals surface area contributed by atoms with Gasteiger partial charge in [0.25, 0.3) is 0 Å². The Morgan fingerprint density at radius 1 is 1.23 bits per heavy atom. The zero-order valence-electron chi connectivity index (χ0n) is 12.9. The summed E-state index contributed by atoms with van der Waals surface area (Å²) in [4.78, 5) is 14.5. The summed E-state index contributed by atoms with van der Waals surface area (Å²) >= 11 is 0. The minimum atomic E-state index is -0.204. The maximum Gasteiger partial charge on any atom is 0.224 e. The number of likely N-dealkylation sites (tertiary alicyclic amines) is 1. The second kappa shape index (κ2) is 7.44. The van der Waals surface area contributed by atoms with Crippen molar-refractivity contribution < 1.29 is 9.53 Å². The number of nitrogens with two attached hydrogens (primary N) is 1. The molecule has 0 saturated carbocycles. The minimum Gasteiger partial charge on any atom is -0.381 e. The molecule has 0 aliphatic carbocycles. The molecule has 5 heteroatoms. The van der Waals surface area contributed by atoms with E-state index in [-0.39, 0.29) is 24.4 Å². The van der Waals surface area contributed by atoms with Crippen LogP contribution in [0.4, 0.5) is 0 Å². The molecular formula is C17H25ClN2O2. The van der Waals surface area contributed by atoms with Gasteiger partial charge in [-0.3, -0.25) is 4.79 Å². The van der Waals surface area contributed by atoms with E-state index in [1.165, 1.54) is 0 Å². The van der Waals surface area contributed by atoms with Crippen molar-refractivity contribution in [2.45, 2.75) is 31.7 Å². The van der Waals surface area contributed by atoms with Crippen molar-refractivity contribution in [2.24, 2.45) is 11.1 Å². The van der Waals surface area contributed by atoms with Gasteiger partial charge < -0.3 is 15.4 Å². The topological polar surface area (TPSA) is 55.6 Å². The Labute approximate surface area is 138 Å². The van der Waals surface area contributed by atoms with Gasteiger partial charge in [-0.05, 0) is 30.2 Å². The second-order valence-corrected chi connectivity index (χ2v) is 6.40. The Hall–Kier alpha value is -1.10. The number of halogens is 1. The van der Waals surface area contributed by atoms with E-state index in [1.54, 1.807) is 0 Å². The van der Waals surface area contributed by atoms with E-state index in [4.69, 9.17) is 10.5 Å². The number of ether oxygens (including phenoxy) is 1. The first-order valence-corrected chi connectivity index (χ1v) is 7.85. The molecule has 1 unspecified atom stereocenters. The Bertz CT molecular complexity index is 489. The molecule has 2 fully saturated rings. The van der Waals surface area contributed by atoms with Crippen molar-refractivity contribution in [3.63, 3.8) is 0 Å². The van der Waals surface area contributed by atoms with Crippen LogP contribution < -0.4 is 5.73 Å². The smallest absolute Gasteiger partial charge is 0.224 e. The number of benzene rings is 1. The Morgan fingerprint density at radius 3 is 2.59 bits per heavy atom. The monoisotopic (exact) mass is 324 g/mol. The first-order chi connectivity index (χ1) is 10.2. The van der Waals surface area contributed by atoms with Crippen LogP contribution in [0.25, 0.3) is 0 Å². The fourth-order valence-corrected chi connectivity index (χ4v) is 3.50. The van der Waals surface area contributed by atoms with Gasteiger partial charge in [-0.2, -0.15) is 0 Å². The van der Waals surface area contributed by atoms with Gasteiger partial charge >= 0.3 is 0 Å². The fraction of sp³-hybridized carbons (Fsp3) is 0.588. The SMILES string of the molecule is Cl.NC(CC(=O)N1CCC2(CCOCC2)C1)c1ccccc1. The third-order valence-corrected chi connectivity index (χ3v) is 4.97. The van der Waals surface area contributed by atoms with Gasteiger partial charge in [-0.1, -0.05) is 30.3 Å². The first kappa shape index (κ1) is 17.3. The highest BCUT2D eigenvalue weighted by atomic mass is 35.5. The number of hydrogen-bond donors (Lipinski definition) is 1. The normalized spacial score (nSPS) is 21.4. The van der Waals surface area contributed by atoms with E-state index in [1.807, 2.05) is 35.2 Å². The number of carbonyl (C=O) groups is 1.